The topological polar surface area (TPSA) is 38.1 Å². The Kier molecular flexibility index (Phi) is 4.57. The molecular weight excluding hydrogens is 238 g/mol. The van der Waals surface area contributed by atoms with Crippen LogP contribution in [-0.4, -0.2) is 28.0 Å². The standard InChI is InChI=1S/C12H20ClN3O/c1-5-7-16-8-6-14-10(11(16)17)15(4)12(2,3)9-13/h6,8H,5,7,9H2,1-4H3. The molecule has 5 heteroatoms. The van der Waals surface area contributed by atoms with Crippen molar-refractivity contribution in [3.63, 3.8) is 0 Å². The van der Waals surface area contributed by atoms with E-state index in [0.717, 1.165) is 6.42 Å². The van der Waals surface area contributed by atoms with Crippen LogP contribution in [0.25, 0.3) is 0 Å². The minimum atomic E-state index is -0.293. The highest BCUT2D eigenvalue weighted by Crippen LogP contribution is 2.18. The van der Waals surface area contributed by atoms with Gasteiger partial charge in [0.05, 0.1) is 0 Å². The van der Waals surface area contributed by atoms with Crippen LogP contribution in [-0.2, 0) is 6.54 Å². The zero-order chi connectivity index (χ0) is 13.1. The summed E-state index contributed by atoms with van der Waals surface area (Å²) in [5.74, 6) is 0.888. The summed E-state index contributed by atoms with van der Waals surface area (Å²) in [5.41, 5.74) is -0.353. The molecule has 0 fully saturated rings. The number of hydrogen-bond acceptors (Lipinski definition) is 3. The molecule has 0 spiro atoms. The van der Waals surface area contributed by atoms with Crippen LogP contribution in [0.1, 0.15) is 27.2 Å². The Morgan fingerprint density at radius 3 is 2.71 bits per heavy atom. The largest absolute Gasteiger partial charge is 0.349 e. The van der Waals surface area contributed by atoms with Crippen LogP contribution in [0.5, 0.6) is 0 Å². The fraction of sp³-hybridized carbons (Fsp3) is 0.667. The van der Waals surface area contributed by atoms with Gasteiger partial charge in [0.2, 0.25) is 0 Å². The summed E-state index contributed by atoms with van der Waals surface area (Å²) in [6.45, 7) is 6.72. The fourth-order valence-electron chi connectivity index (χ4n) is 1.46. The number of rotatable bonds is 5. The van der Waals surface area contributed by atoms with Gasteiger partial charge in [-0.15, -0.1) is 11.6 Å². The van der Waals surface area contributed by atoms with Crippen molar-refractivity contribution in [2.45, 2.75) is 39.3 Å². The van der Waals surface area contributed by atoms with Crippen molar-refractivity contribution in [1.29, 1.82) is 0 Å². The van der Waals surface area contributed by atoms with Gasteiger partial charge < -0.3 is 9.47 Å². The summed E-state index contributed by atoms with van der Waals surface area (Å²) in [6, 6.07) is 0. The second-order valence-electron chi connectivity index (χ2n) is 4.75. The third kappa shape index (κ3) is 3.00. The second-order valence-corrected chi connectivity index (χ2v) is 5.02. The van der Waals surface area contributed by atoms with Gasteiger partial charge >= 0.3 is 0 Å². The first-order chi connectivity index (χ1) is 7.94. The third-order valence-corrected chi connectivity index (χ3v) is 3.57. The Labute approximate surface area is 107 Å². The number of nitrogens with zero attached hydrogens (tertiary/aromatic N) is 3. The second kappa shape index (κ2) is 5.54. The van der Waals surface area contributed by atoms with E-state index in [4.69, 9.17) is 11.6 Å². The van der Waals surface area contributed by atoms with Gasteiger partial charge in [0.1, 0.15) is 0 Å². The van der Waals surface area contributed by atoms with Crippen molar-refractivity contribution in [1.82, 2.24) is 9.55 Å². The first-order valence-corrected chi connectivity index (χ1v) is 6.32. The maximum absolute atomic E-state index is 12.2. The molecule has 0 amide bonds. The number of halogens is 1. The van der Waals surface area contributed by atoms with Crippen LogP contribution in [0.2, 0.25) is 0 Å². The number of aromatic nitrogens is 2. The van der Waals surface area contributed by atoms with E-state index in [2.05, 4.69) is 4.98 Å². The number of alkyl halides is 1. The fourth-order valence-corrected chi connectivity index (χ4v) is 1.64. The zero-order valence-corrected chi connectivity index (χ0v) is 11.7. The molecule has 0 aliphatic heterocycles. The van der Waals surface area contributed by atoms with Gasteiger partial charge in [-0.2, -0.15) is 0 Å². The van der Waals surface area contributed by atoms with E-state index in [1.54, 1.807) is 17.0 Å². The molecule has 0 atom stereocenters. The highest BCUT2D eigenvalue weighted by Gasteiger charge is 2.25. The highest BCUT2D eigenvalue weighted by atomic mass is 35.5. The molecule has 1 rings (SSSR count). The van der Waals surface area contributed by atoms with E-state index in [1.807, 2.05) is 32.7 Å². The molecule has 0 aliphatic carbocycles. The minimum absolute atomic E-state index is 0.0601. The molecule has 1 aromatic heterocycles. The van der Waals surface area contributed by atoms with Gasteiger partial charge in [-0.1, -0.05) is 6.92 Å². The monoisotopic (exact) mass is 257 g/mol. The van der Waals surface area contributed by atoms with Crippen molar-refractivity contribution in [2.24, 2.45) is 0 Å². The van der Waals surface area contributed by atoms with Crippen molar-refractivity contribution < 1.29 is 0 Å². The number of anilines is 1. The molecule has 0 N–H and O–H groups in total. The summed E-state index contributed by atoms with van der Waals surface area (Å²) in [4.78, 5) is 18.2. The van der Waals surface area contributed by atoms with E-state index in [9.17, 15) is 4.79 Å². The minimum Gasteiger partial charge on any atom is -0.349 e. The summed E-state index contributed by atoms with van der Waals surface area (Å²) in [7, 11) is 1.85. The van der Waals surface area contributed by atoms with Crippen LogP contribution in [0, 0.1) is 0 Å². The van der Waals surface area contributed by atoms with E-state index < -0.39 is 0 Å². The maximum atomic E-state index is 12.2. The normalized spacial score (nSPS) is 11.6. The molecule has 1 heterocycles. The Morgan fingerprint density at radius 2 is 2.18 bits per heavy atom. The number of hydrogen-bond donors (Lipinski definition) is 0. The molecule has 0 saturated carbocycles. The molecule has 0 aliphatic rings. The van der Waals surface area contributed by atoms with Gasteiger partial charge in [0.15, 0.2) is 5.82 Å². The van der Waals surface area contributed by atoms with Gasteiger partial charge in [-0.25, -0.2) is 4.98 Å². The zero-order valence-electron chi connectivity index (χ0n) is 10.9. The summed E-state index contributed by atoms with van der Waals surface area (Å²) in [6.07, 6.45) is 4.30. The SMILES string of the molecule is CCCn1ccnc(N(C)C(C)(C)CCl)c1=O. The Bertz CT molecular complexity index is 428. The molecule has 96 valence electrons. The summed E-state index contributed by atoms with van der Waals surface area (Å²) < 4.78 is 1.68. The summed E-state index contributed by atoms with van der Waals surface area (Å²) >= 11 is 5.91. The molecular formula is C12H20ClN3O. The number of aryl methyl sites for hydroxylation is 1. The molecule has 0 unspecified atom stereocenters. The average molecular weight is 258 g/mol. The van der Waals surface area contributed by atoms with Gasteiger partial charge in [0.25, 0.3) is 5.56 Å². The molecule has 1 aromatic rings. The lowest BCUT2D eigenvalue weighted by atomic mass is 10.1. The molecule has 4 nitrogen and oxygen atoms in total. The predicted molar refractivity (Wildman–Crippen MR) is 72.0 cm³/mol. The quantitative estimate of drug-likeness (QED) is 0.759. The molecule has 0 radical (unpaired) electrons. The van der Waals surface area contributed by atoms with Crippen molar-refractivity contribution in [2.75, 3.05) is 17.8 Å². The predicted octanol–water partition coefficient (Wildman–Crippen LogP) is 2.11. The van der Waals surface area contributed by atoms with Gasteiger partial charge in [-0.05, 0) is 20.3 Å². The average Bonchev–Trinajstić information content (AvgIpc) is 2.31. The van der Waals surface area contributed by atoms with Crippen LogP contribution >= 0.6 is 11.6 Å². The van der Waals surface area contributed by atoms with Crippen LogP contribution in [0.15, 0.2) is 17.2 Å². The third-order valence-electron chi connectivity index (χ3n) is 2.91. The Morgan fingerprint density at radius 1 is 1.53 bits per heavy atom. The first-order valence-electron chi connectivity index (χ1n) is 5.79. The first kappa shape index (κ1) is 14.0. The van der Waals surface area contributed by atoms with E-state index >= 15 is 0 Å². The lowest BCUT2D eigenvalue weighted by molar-refractivity contribution is 0.532. The Hall–Kier alpha value is -1.03. The van der Waals surface area contributed by atoms with Crippen molar-refractivity contribution >= 4 is 17.4 Å². The smallest absolute Gasteiger partial charge is 0.293 e. The van der Waals surface area contributed by atoms with E-state index in [1.165, 1.54) is 0 Å². The van der Waals surface area contributed by atoms with Crippen LogP contribution in [0.3, 0.4) is 0 Å². The van der Waals surface area contributed by atoms with E-state index in [-0.39, 0.29) is 11.1 Å². The van der Waals surface area contributed by atoms with E-state index in [0.29, 0.717) is 18.2 Å². The molecule has 0 saturated heterocycles. The van der Waals surface area contributed by atoms with Gasteiger partial charge in [0, 0.05) is 37.4 Å². The summed E-state index contributed by atoms with van der Waals surface area (Å²) in [5, 5.41) is 0. The lowest BCUT2D eigenvalue weighted by Crippen LogP contribution is -2.46. The van der Waals surface area contributed by atoms with Crippen LogP contribution in [0.4, 0.5) is 5.82 Å². The Balaban J connectivity index is 3.15. The highest BCUT2D eigenvalue weighted by molar-refractivity contribution is 6.18. The van der Waals surface area contributed by atoms with Gasteiger partial charge in [-0.3, -0.25) is 4.79 Å². The molecule has 17 heavy (non-hydrogen) atoms. The maximum Gasteiger partial charge on any atom is 0.293 e. The molecule has 0 aromatic carbocycles. The van der Waals surface area contributed by atoms with Crippen molar-refractivity contribution in [3.05, 3.63) is 22.7 Å². The van der Waals surface area contributed by atoms with Crippen LogP contribution < -0.4 is 10.5 Å². The lowest BCUT2D eigenvalue weighted by Gasteiger charge is -2.34. The molecule has 0 bridgehead atoms. The van der Waals surface area contributed by atoms with Crippen molar-refractivity contribution in [3.8, 4) is 0 Å².